The summed E-state index contributed by atoms with van der Waals surface area (Å²) in [5.74, 6) is -0.814. The molecule has 2 amide bonds. The van der Waals surface area contributed by atoms with Crippen molar-refractivity contribution in [3.63, 3.8) is 0 Å². The molecule has 0 aromatic rings. The van der Waals surface area contributed by atoms with Crippen LogP contribution < -0.4 is 0 Å². The molecule has 6 nitrogen and oxygen atoms in total. The summed E-state index contributed by atoms with van der Waals surface area (Å²) < 4.78 is 0. The smallest absolute Gasteiger partial charge is 0.319 e. The number of carbonyl (C=O) groups excluding carboxylic acids is 1. The summed E-state index contributed by atoms with van der Waals surface area (Å²) in [6.45, 7) is 8.17. The van der Waals surface area contributed by atoms with Crippen LogP contribution in [0.2, 0.25) is 0 Å². The van der Waals surface area contributed by atoms with Crippen LogP contribution in [0.1, 0.15) is 26.7 Å². The van der Waals surface area contributed by atoms with Gasteiger partial charge in [-0.25, -0.2) is 4.79 Å². The first-order valence-electron chi connectivity index (χ1n) is 6.91. The molecule has 0 aromatic carbocycles. The third-order valence-electron chi connectivity index (χ3n) is 3.65. The summed E-state index contributed by atoms with van der Waals surface area (Å²) in [5.41, 5.74) is 0. The van der Waals surface area contributed by atoms with E-state index in [0.717, 1.165) is 26.2 Å². The second-order valence-electron chi connectivity index (χ2n) is 5.13. The van der Waals surface area contributed by atoms with Gasteiger partial charge in [0.05, 0.1) is 0 Å². The summed E-state index contributed by atoms with van der Waals surface area (Å²) in [5, 5.41) is 8.59. The van der Waals surface area contributed by atoms with Gasteiger partial charge in [-0.3, -0.25) is 9.69 Å². The second kappa shape index (κ2) is 7.33. The van der Waals surface area contributed by atoms with E-state index >= 15 is 0 Å². The first-order valence-corrected chi connectivity index (χ1v) is 6.91. The van der Waals surface area contributed by atoms with Crippen molar-refractivity contribution in [3.05, 3.63) is 0 Å². The van der Waals surface area contributed by atoms with E-state index in [9.17, 15) is 9.59 Å². The third kappa shape index (κ3) is 4.70. The number of carboxylic acids is 1. The summed E-state index contributed by atoms with van der Waals surface area (Å²) in [6.07, 6.45) is 0.611. The number of hydrogen-bond acceptors (Lipinski definition) is 3. The molecule has 0 aromatic heterocycles. The standard InChI is InChI=1S/C13H25N3O3/c1-4-15-8-9-16(10-11(15)2)13(19)14(3)7-5-6-12(17)18/h11H,4-10H2,1-3H3,(H,17,18). The molecule has 6 heteroatoms. The largest absolute Gasteiger partial charge is 0.481 e. The fraction of sp³-hybridized carbons (Fsp3) is 0.846. The molecule has 1 aliphatic rings. The van der Waals surface area contributed by atoms with Gasteiger partial charge in [0.1, 0.15) is 0 Å². The number of carboxylic acid groups (broad SMARTS) is 1. The Morgan fingerprint density at radius 3 is 2.58 bits per heavy atom. The highest BCUT2D eigenvalue weighted by Gasteiger charge is 2.27. The number of carbonyl (C=O) groups is 2. The average molecular weight is 271 g/mol. The van der Waals surface area contributed by atoms with Crippen LogP contribution in [0.25, 0.3) is 0 Å². The number of nitrogens with zero attached hydrogens (tertiary/aromatic N) is 3. The minimum Gasteiger partial charge on any atom is -0.481 e. The van der Waals surface area contributed by atoms with Crippen molar-refractivity contribution in [3.8, 4) is 0 Å². The van der Waals surface area contributed by atoms with E-state index in [1.807, 2.05) is 4.90 Å². The molecule has 0 aliphatic carbocycles. The van der Waals surface area contributed by atoms with Gasteiger partial charge >= 0.3 is 12.0 Å². The topological polar surface area (TPSA) is 64.1 Å². The van der Waals surface area contributed by atoms with Gasteiger partial charge in [-0.15, -0.1) is 0 Å². The van der Waals surface area contributed by atoms with Crippen molar-refractivity contribution in [1.82, 2.24) is 14.7 Å². The molecule has 1 heterocycles. The SMILES string of the molecule is CCN1CCN(C(=O)N(C)CCCC(=O)O)CC1C. The Morgan fingerprint density at radius 1 is 1.37 bits per heavy atom. The van der Waals surface area contributed by atoms with Crippen LogP contribution in [-0.4, -0.2) is 77.6 Å². The number of aliphatic carboxylic acids is 1. The van der Waals surface area contributed by atoms with Crippen LogP contribution in [0.3, 0.4) is 0 Å². The summed E-state index contributed by atoms with van der Waals surface area (Å²) in [7, 11) is 1.74. The van der Waals surface area contributed by atoms with E-state index in [1.165, 1.54) is 0 Å². The first-order chi connectivity index (χ1) is 8.95. The average Bonchev–Trinajstić information content (AvgIpc) is 2.37. The Hall–Kier alpha value is -1.30. The molecule has 1 aliphatic heterocycles. The Bertz CT molecular complexity index is 322. The molecule has 110 valence electrons. The minimum atomic E-state index is -0.814. The molecular weight excluding hydrogens is 246 g/mol. The zero-order valence-corrected chi connectivity index (χ0v) is 12.1. The Morgan fingerprint density at radius 2 is 2.05 bits per heavy atom. The van der Waals surface area contributed by atoms with Crippen molar-refractivity contribution in [2.75, 3.05) is 39.8 Å². The molecule has 0 bridgehead atoms. The van der Waals surface area contributed by atoms with Gasteiger partial charge in [0.15, 0.2) is 0 Å². The highest BCUT2D eigenvalue weighted by atomic mass is 16.4. The molecule has 0 radical (unpaired) electrons. The summed E-state index contributed by atoms with van der Waals surface area (Å²) >= 11 is 0. The van der Waals surface area contributed by atoms with Crippen LogP contribution in [-0.2, 0) is 4.79 Å². The maximum absolute atomic E-state index is 12.2. The van der Waals surface area contributed by atoms with E-state index in [1.54, 1.807) is 11.9 Å². The maximum atomic E-state index is 12.2. The third-order valence-corrected chi connectivity index (χ3v) is 3.65. The van der Waals surface area contributed by atoms with E-state index in [-0.39, 0.29) is 12.5 Å². The summed E-state index contributed by atoms with van der Waals surface area (Å²) in [4.78, 5) is 28.5. The Kier molecular flexibility index (Phi) is 6.08. The fourth-order valence-corrected chi connectivity index (χ4v) is 2.44. The monoisotopic (exact) mass is 271 g/mol. The lowest BCUT2D eigenvalue weighted by Gasteiger charge is -2.40. The highest BCUT2D eigenvalue weighted by molar-refractivity contribution is 5.74. The molecule has 1 atom stereocenters. The van der Waals surface area contributed by atoms with E-state index in [0.29, 0.717) is 19.0 Å². The maximum Gasteiger partial charge on any atom is 0.319 e. The quantitative estimate of drug-likeness (QED) is 0.808. The van der Waals surface area contributed by atoms with Gasteiger partial charge in [-0.05, 0) is 19.9 Å². The molecule has 1 fully saturated rings. The van der Waals surface area contributed by atoms with Crippen molar-refractivity contribution in [2.24, 2.45) is 0 Å². The van der Waals surface area contributed by atoms with Gasteiger partial charge < -0.3 is 14.9 Å². The number of piperazine rings is 1. The van der Waals surface area contributed by atoms with Gasteiger partial charge in [0, 0.05) is 45.7 Å². The van der Waals surface area contributed by atoms with Gasteiger partial charge in [-0.1, -0.05) is 6.92 Å². The zero-order valence-electron chi connectivity index (χ0n) is 12.1. The molecular formula is C13H25N3O3. The predicted octanol–water partition coefficient (Wildman–Crippen LogP) is 0.929. The van der Waals surface area contributed by atoms with Crippen LogP contribution in [0.4, 0.5) is 4.79 Å². The van der Waals surface area contributed by atoms with Crippen LogP contribution in [0.15, 0.2) is 0 Å². The normalized spacial score (nSPS) is 20.4. The van der Waals surface area contributed by atoms with Crippen molar-refractivity contribution < 1.29 is 14.7 Å². The molecule has 0 spiro atoms. The van der Waals surface area contributed by atoms with Gasteiger partial charge in [0.2, 0.25) is 0 Å². The van der Waals surface area contributed by atoms with E-state index < -0.39 is 5.97 Å². The van der Waals surface area contributed by atoms with Crippen LogP contribution in [0.5, 0.6) is 0 Å². The molecule has 0 saturated carbocycles. The highest BCUT2D eigenvalue weighted by Crippen LogP contribution is 2.11. The molecule has 19 heavy (non-hydrogen) atoms. The van der Waals surface area contributed by atoms with Crippen LogP contribution in [0, 0.1) is 0 Å². The van der Waals surface area contributed by atoms with E-state index in [4.69, 9.17) is 5.11 Å². The van der Waals surface area contributed by atoms with Crippen molar-refractivity contribution in [1.29, 1.82) is 0 Å². The Balaban J connectivity index is 2.38. The molecule has 1 saturated heterocycles. The summed E-state index contributed by atoms with van der Waals surface area (Å²) in [6, 6.07) is 0.392. The van der Waals surface area contributed by atoms with Gasteiger partial charge in [0.25, 0.3) is 0 Å². The molecule has 1 unspecified atom stereocenters. The first kappa shape index (κ1) is 15.8. The van der Waals surface area contributed by atoms with E-state index in [2.05, 4.69) is 18.7 Å². The zero-order chi connectivity index (χ0) is 14.4. The van der Waals surface area contributed by atoms with Crippen molar-refractivity contribution >= 4 is 12.0 Å². The van der Waals surface area contributed by atoms with Crippen LogP contribution >= 0.6 is 0 Å². The number of amides is 2. The van der Waals surface area contributed by atoms with Crippen molar-refractivity contribution in [2.45, 2.75) is 32.7 Å². The Labute approximate surface area is 115 Å². The number of rotatable bonds is 5. The lowest BCUT2D eigenvalue weighted by Crippen LogP contribution is -2.55. The second-order valence-corrected chi connectivity index (χ2v) is 5.13. The predicted molar refractivity (Wildman–Crippen MR) is 73.2 cm³/mol. The lowest BCUT2D eigenvalue weighted by atomic mass is 10.2. The number of likely N-dealkylation sites (N-methyl/N-ethyl adjacent to an activating group) is 1. The lowest BCUT2D eigenvalue weighted by molar-refractivity contribution is -0.137. The molecule has 1 N–H and O–H groups in total. The van der Waals surface area contributed by atoms with Gasteiger partial charge in [-0.2, -0.15) is 0 Å². The fourth-order valence-electron chi connectivity index (χ4n) is 2.44. The minimum absolute atomic E-state index is 0.00740. The molecule has 1 rings (SSSR count). The number of urea groups is 1. The number of hydrogen-bond donors (Lipinski definition) is 1.